The minimum Gasteiger partial charge on any atom is -0.482 e. The lowest BCUT2D eigenvalue weighted by Gasteiger charge is -2.32. The van der Waals surface area contributed by atoms with Crippen molar-refractivity contribution in [3.8, 4) is 5.75 Å². The molecule has 0 radical (unpaired) electrons. The highest BCUT2D eigenvalue weighted by molar-refractivity contribution is 9.10. The van der Waals surface area contributed by atoms with Gasteiger partial charge in [0.2, 0.25) is 5.91 Å². The Hall–Kier alpha value is -2.54. The second kappa shape index (κ2) is 13.3. The second-order valence-electron chi connectivity index (χ2n) is 9.21. The molecule has 1 saturated carbocycles. The Morgan fingerprint density at radius 1 is 0.973 bits per heavy atom. The van der Waals surface area contributed by atoms with E-state index in [9.17, 15) is 9.59 Å². The van der Waals surface area contributed by atoms with Gasteiger partial charge < -0.3 is 15.0 Å². The van der Waals surface area contributed by atoms with Crippen molar-refractivity contribution in [2.75, 3.05) is 6.61 Å². The number of nitrogens with zero attached hydrogens (tertiary/aromatic N) is 1. The van der Waals surface area contributed by atoms with E-state index in [1.54, 1.807) is 23.1 Å². The Bertz CT molecular complexity index is 1200. The fraction of sp³-hybridized carbons (Fsp3) is 0.310. The third-order valence-corrected chi connectivity index (χ3v) is 7.54. The number of carbonyl (C=O) groups excluding carboxylic acids is 2. The van der Waals surface area contributed by atoms with Crippen LogP contribution >= 0.6 is 39.1 Å². The Morgan fingerprint density at radius 2 is 1.68 bits per heavy atom. The standard InChI is InChI=1S/C29H29BrCl2N2O3/c30-22-12-10-21(11-13-22)18-34(28(35)19-37-27-15-14-23(31)17-25(27)32)26(16-20-6-2-1-3-7-20)29(36)33-24-8-4-5-9-24/h1-3,6-7,10-15,17,24,26H,4-5,8-9,16,18-19H2,(H,33,36)/t26-/m0/s1. The molecule has 1 aliphatic carbocycles. The molecule has 0 spiro atoms. The van der Waals surface area contributed by atoms with E-state index in [1.165, 1.54) is 0 Å². The van der Waals surface area contributed by atoms with Gasteiger partial charge in [-0.25, -0.2) is 0 Å². The van der Waals surface area contributed by atoms with Crippen LogP contribution < -0.4 is 10.1 Å². The fourth-order valence-electron chi connectivity index (χ4n) is 4.52. The van der Waals surface area contributed by atoms with Crippen LogP contribution in [0, 0.1) is 0 Å². The number of ether oxygens (including phenoxy) is 1. The molecule has 4 rings (SSSR count). The molecule has 8 heteroatoms. The molecular formula is C29H29BrCl2N2O3. The lowest BCUT2D eigenvalue weighted by molar-refractivity contribution is -0.143. The molecule has 1 fully saturated rings. The van der Waals surface area contributed by atoms with Crippen molar-refractivity contribution in [3.05, 3.63) is 98.4 Å². The molecule has 2 amide bonds. The summed E-state index contributed by atoms with van der Waals surface area (Å²) in [5.74, 6) is -0.0970. The van der Waals surface area contributed by atoms with Gasteiger partial charge in [-0.1, -0.05) is 94.4 Å². The largest absolute Gasteiger partial charge is 0.482 e. The summed E-state index contributed by atoms with van der Waals surface area (Å²) in [5, 5.41) is 4.00. The summed E-state index contributed by atoms with van der Waals surface area (Å²) in [5.41, 5.74) is 1.89. The molecule has 3 aromatic rings. The van der Waals surface area contributed by atoms with E-state index in [1.807, 2.05) is 54.6 Å². The summed E-state index contributed by atoms with van der Waals surface area (Å²) in [6, 6.07) is 21.8. The van der Waals surface area contributed by atoms with Crippen LogP contribution in [-0.2, 0) is 22.6 Å². The van der Waals surface area contributed by atoms with Crippen molar-refractivity contribution < 1.29 is 14.3 Å². The number of hydrogen-bond acceptors (Lipinski definition) is 3. The van der Waals surface area contributed by atoms with E-state index in [0.717, 1.165) is 41.3 Å². The number of nitrogens with one attached hydrogen (secondary N) is 1. The van der Waals surface area contributed by atoms with Gasteiger partial charge in [0.1, 0.15) is 11.8 Å². The SMILES string of the molecule is O=C(NC1CCCC1)[C@H](Cc1ccccc1)N(Cc1ccc(Br)cc1)C(=O)COc1ccc(Cl)cc1Cl. The lowest BCUT2D eigenvalue weighted by atomic mass is 10.0. The van der Waals surface area contributed by atoms with Crippen LogP contribution in [0.2, 0.25) is 10.0 Å². The molecule has 3 aromatic carbocycles. The van der Waals surface area contributed by atoms with Gasteiger partial charge in [0.25, 0.3) is 5.91 Å². The number of carbonyl (C=O) groups is 2. The zero-order valence-corrected chi connectivity index (χ0v) is 23.4. The minimum absolute atomic E-state index is 0.138. The molecule has 0 heterocycles. The Morgan fingerprint density at radius 3 is 2.35 bits per heavy atom. The molecular weight excluding hydrogens is 575 g/mol. The number of hydrogen-bond donors (Lipinski definition) is 1. The predicted octanol–water partition coefficient (Wildman–Crippen LogP) is 6.83. The van der Waals surface area contributed by atoms with E-state index in [-0.39, 0.29) is 31.0 Å². The van der Waals surface area contributed by atoms with E-state index >= 15 is 0 Å². The van der Waals surface area contributed by atoms with Crippen LogP contribution in [-0.4, -0.2) is 35.4 Å². The van der Waals surface area contributed by atoms with Crippen molar-refractivity contribution in [1.29, 1.82) is 0 Å². The molecule has 0 saturated heterocycles. The summed E-state index contributed by atoms with van der Waals surface area (Å²) in [6.07, 6.45) is 4.52. The van der Waals surface area contributed by atoms with Crippen LogP contribution in [0.4, 0.5) is 0 Å². The summed E-state index contributed by atoms with van der Waals surface area (Å²) >= 11 is 15.7. The Kier molecular flexibility index (Phi) is 9.89. The molecule has 0 unspecified atom stereocenters. The molecule has 0 aliphatic heterocycles. The molecule has 194 valence electrons. The number of amides is 2. The quantitative estimate of drug-likeness (QED) is 0.276. The first kappa shape index (κ1) is 27.5. The average molecular weight is 604 g/mol. The Balaban J connectivity index is 1.61. The normalized spacial score (nSPS) is 14.2. The van der Waals surface area contributed by atoms with Gasteiger partial charge in [-0.05, 0) is 54.3 Å². The minimum atomic E-state index is -0.705. The van der Waals surface area contributed by atoms with Crippen LogP contribution in [0.1, 0.15) is 36.8 Å². The van der Waals surface area contributed by atoms with Crippen LogP contribution in [0.3, 0.4) is 0 Å². The van der Waals surface area contributed by atoms with Crippen LogP contribution in [0.15, 0.2) is 77.3 Å². The summed E-state index contributed by atoms with van der Waals surface area (Å²) in [6.45, 7) is -0.000705. The van der Waals surface area contributed by atoms with Gasteiger partial charge in [-0.2, -0.15) is 0 Å². The van der Waals surface area contributed by atoms with Gasteiger partial charge in [0.05, 0.1) is 5.02 Å². The van der Waals surface area contributed by atoms with Gasteiger partial charge in [-0.3, -0.25) is 9.59 Å². The van der Waals surface area contributed by atoms with Gasteiger partial charge in [0.15, 0.2) is 6.61 Å². The molecule has 1 N–H and O–H groups in total. The average Bonchev–Trinajstić information content (AvgIpc) is 3.40. The van der Waals surface area contributed by atoms with E-state index in [2.05, 4.69) is 21.2 Å². The van der Waals surface area contributed by atoms with Crippen molar-refractivity contribution >= 4 is 50.9 Å². The van der Waals surface area contributed by atoms with E-state index in [0.29, 0.717) is 22.2 Å². The highest BCUT2D eigenvalue weighted by atomic mass is 79.9. The smallest absolute Gasteiger partial charge is 0.261 e. The first-order chi connectivity index (χ1) is 17.9. The van der Waals surface area contributed by atoms with Crippen LogP contribution in [0.5, 0.6) is 5.75 Å². The highest BCUT2D eigenvalue weighted by Gasteiger charge is 2.32. The number of rotatable bonds is 10. The van der Waals surface area contributed by atoms with Crippen molar-refractivity contribution in [2.24, 2.45) is 0 Å². The monoisotopic (exact) mass is 602 g/mol. The number of halogens is 3. The zero-order chi connectivity index (χ0) is 26.2. The molecule has 1 atom stereocenters. The molecule has 0 aromatic heterocycles. The van der Waals surface area contributed by atoms with Gasteiger partial charge in [-0.15, -0.1) is 0 Å². The first-order valence-electron chi connectivity index (χ1n) is 12.3. The van der Waals surface area contributed by atoms with Crippen molar-refractivity contribution in [1.82, 2.24) is 10.2 Å². The van der Waals surface area contributed by atoms with Crippen molar-refractivity contribution in [3.63, 3.8) is 0 Å². The predicted molar refractivity (Wildman–Crippen MR) is 151 cm³/mol. The molecule has 0 bridgehead atoms. The summed E-state index contributed by atoms with van der Waals surface area (Å²) < 4.78 is 6.72. The maximum atomic E-state index is 13.7. The first-order valence-corrected chi connectivity index (χ1v) is 13.9. The van der Waals surface area contributed by atoms with Crippen molar-refractivity contribution in [2.45, 2.75) is 50.7 Å². The highest BCUT2D eigenvalue weighted by Crippen LogP contribution is 2.28. The Labute approximate surface area is 236 Å². The zero-order valence-electron chi connectivity index (χ0n) is 20.3. The van der Waals surface area contributed by atoms with Crippen LogP contribution in [0.25, 0.3) is 0 Å². The summed E-state index contributed by atoms with van der Waals surface area (Å²) in [7, 11) is 0. The fourth-order valence-corrected chi connectivity index (χ4v) is 5.25. The summed E-state index contributed by atoms with van der Waals surface area (Å²) in [4.78, 5) is 29.0. The van der Waals surface area contributed by atoms with E-state index in [4.69, 9.17) is 27.9 Å². The molecule has 1 aliphatic rings. The third-order valence-electron chi connectivity index (χ3n) is 6.48. The van der Waals surface area contributed by atoms with Gasteiger partial charge >= 0.3 is 0 Å². The number of benzene rings is 3. The topological polar surface area (TPSA) is 58.6 Å². The molecule has 5 nitrogen and oxygen atoms in total. The third kappa shape index (κ3) is 7.97. The maximum absolute atomic E-state index is 13.7. The van der Waals surface area contributed by atoms with E-state index < -0.39 is 6.04 Å². The maximum Gasteiger partial charge on any atom is 0.261 e. The second-order valence-corrected chi connectivity index (χ2v) is 11.0. The lowest BCUT2D eigenvalue weighted by Crippen LogP contribution is -2.53. The molecule has 37 heavy (non-hydrogen) atoms. The van der Waals surface area contributed by atoms with Gasteiger partial charge in [0, 0.05) is 28.5 Å².